The monoisotopic (exact) mass is 305 g/mol. The van der Waals surface area contributed by atoms with Crippen LogP contribution in [0.4, 0.5) is 8.78 Å². The summed E-state index contributed by atoms with van der Waals surface area (Å²) in [5, 5.41) is 14.2. The predicted octanol–water partition coefficient (Wildman–Crippen LogP) is 1.96. The molecular weight excluding hydrogens is 288 g/mol. The van der Waals surface area contributed by atoms with Crippen LogP contribution in [-0.4, -0.2) is 33.4 Å². The van der Waals surface area contributed by atoms with E-state index in [2.05, 4.69) is 11.0 Å². The average molecular weight is 305 g/mol. The van der Waals surface area contributed by atoms with Crippen molar-refractivity contribution in [2.75, 3.05) is 13.6 Å². The van der Waals surface area contributed by atoms with E-state index in [-0.39, 0.29) is 12.1 Å². The van der Waals surface area contributed by atoms with Crippen LogP contribution in [0.1, 0.15) is 17.2 Å². The number of halogens is 2. The maximum atomic E-state index is 13.6. The molecule has 0 bridgehead atoms. The first-order chi connectivity index (χ1) is 10.5. The highest BCUT2D eigenvalue weighted by molar-refractivity contribution is 5.21. The van der Waals surface area contributed by atoms with Gasteiger partial charge >= 0.3 is 0 Å². The zero-order valence-electron chi connectivity index (χ0n) is 12.2. The van der Waals surface area contributed by atoms with Crippen molar-refractivity contribution in [3.63, 3.8) is 0 Å². The summed E-state index contributed by atoms with van der Waals surface area (Å²) in [5.41, 5.74) is 1.01. The molecule has 0 aliphatic heterocycles. The number of terminal acetylenes is 1. The second-order valence-electron chi connectivity index (χ2n) is 5.13. The topological polar surface area (TPSA) is 41.3 Å². The van der Waals surface area contributed by atoms with Crippen molar-refractivity contribution in [3.05, 3.63) is 53.4 Å². The normalized spacial score (nSPS) is 12.4. The highest BCUT2D eigenvalue weighted by Gasteiger charge is 2.16. The van der Waals surface area contributed by atoms with Gasteiger partial charge in [0, 0.05) is 36.5 Å². The van der Waals surface area contributed by atoms with Gasteiger partial charge < -0.3 is 5.11 Å². The Hall–Kier alpha value is -2.23. The third-order valence-electron chi connectivity index (χ3n) is 3.20. The summed E-state index contributed by atoms with van der Waals surface area (Å²) in [6.45, 7) is 1.14. The Bertz CT molecular complexity index is 678. The van der Waals surface area contributed by atoms with Crippen molar-refractivity contribution in [2.45, 2.75) is 19.2 Å². The number of hydrogen-bond donors (Lipinski definition) is 1. The SMILES string of the molecule is C#CCn1cc(CN(C)CC(O)c2ccc(F)cc2F)cn1. The molecule has 1 unspecified atom stereocenters. The van der Waals surface area contributed by atoms with E-state index in [0.29, 0.717) is 13.1 Å². The van der Waals surface area contributed by atoms with Crippen molar-refractivity contribution in [1.82, 2.24) is 14.7 Å². The Morgan fingerprint density at radius 3 is 2.91 bits per heavy atom. The van der Waals surface area contributed by atoms with Crippen molar-refractivity contribution in [2.24, 2.45) is 0 Å². The molecular formula is C16H17F2N3O. The summed E-state index contributed by atoms with van der Waals surface area (Å²) < 4.78 is 28.1. The van der Waals surface area contributed by atoms with Gasteiger partial charge in [-0.25, -0.2) is 8.78 Å². The predicted molar refractivity (Wildman–Crippen MR) is 78.7 cm³/mol. The van der Waals surface area contributed by atoms with E-state index in [0.717, 1.165) is 17.7 Å². The summed E-state index contributed by atoms with van der Waals surface area (Å²) in [4.78, 5) is 1.82. The fraction of sp³-hybridized carbons (Fsp3) is 0.312. The fourth-order valence-electron chi connectivity index (χ4n) is 2.21. The number of aromatic nitrogens is 2. The van der Waals surface area contributed by atoms with Crippen LogP contribution >= 0.6 is 0 Å². The molecule has 0 aliphatic rings. The van der Waals surface area contributed by atoms with Gasteiger partial charge in [-0.2, -0.15) is 5.10 Å². The first kappa shape index (κ1) is 16.1. The standard InChI is InChI=1S/C16H17F2N3O/c1-3-6-21-10-12(8-19-21)9-20(2)11-16(22)14-5-4-13(17)7-15(14)18/h1,4-5,7-8,10,16,22H,6,9,11H2,2H3. The summed E-state index contributed by atoms with van der Waals surface area (Å²) in [7, 11) is 1.79. The van der Waals surface area contributed by atoms with Gasteiger partial charge in [0.1, 0.15) is 18.2 Å². The lowest BCUT2D eigenvalue weighted by Gasteiger charge is -2.20. The van der Waals surface area contributed by atoms with Crippen LogP contribution in [0.25, 0.3) is 0 Å². The maximum Gasteiger partial charge on any atom is 0.131 e. The van der Waals surface area contributed by atoms with E-state index in [1.807, 2.05) is 11.1 Å². The minimum Gasteiger partial charge on any atom is -0.387 e. The van der Waals surface area contributed by atoms with E-state index in [9.17, 15) is 13.9 Å². The van der Waals surface area contributed by atoms with Crippen molar-refractivity contribution < 1.29 is 13.9 Å². The molecule has 1 atom stereocenters. The first-order valence-corrected chi connectivity index (χ1v) is 6.76. The van der Waals surface area contributed by atoms with Gasteiger partial charge in [0.15, 0.2) is 0 Å². The van der Waals surface area contributed by atoms with Crippen LogP contribution in [0.2, 0.25) is 0 Å². The molecule has 22 heavy (non-hydrogen) atoms. The Kier molecular flexibility index (Phi) is 5.26. The van der Waals surface area contributed by atoms with Gasteiger partial charge in [0.25, 0.3) is 0 Å². The van der Waals surface area contributed by atoms with Crippen molar-refractivity contribution >= 4 is 0 Å². The second kappa shape index (κ2) is 7.16. The van der Waals surface area contributed by atoms with Gasteiger partial charge in [0.05, 0.1) is 12.3 Å². The number of likely N-dealkylation sites (N-methyl/N-ethyl adjacent to an activating group) is 1. The molecule has 1 N–H and O–H groups in total. The number of aliphatic hydroxyl groups excluding tert-OH is 1. The van der Waals surface area contributed by atoms with E-state index in [4.69, 9.17) is 6.42 Å². The molecule has 1 aromatic heterocycles. The molecule has 0 aliphatic carbocycles. The minimum absolute atomic E-state index is 0.0799. The van der Waals surface area contributed by atoms with Gasteiger partial charge in [-0.05, 0) is 13.1 Å². The van der Waals surface area contributed by atoms with E-state index >= 15 is 0 Å². The smallest absolute Gasteiger partial charge is 0.131 e. The van der Waals surface area contributed by atoms with Crippen LogP contribution in [-0.2, 0) is 13.1 Å². The van der Waals surface area contributed by atoms with Gasteiger partial charge in [-0.15, -0.1) is 6.42 Å². The molecule has 4 nitrogen and oxygen atoms in total. The Morgan fingerprint density at radius 1 is 1.45 bits per heavy atom. The first-order valence-electron chi connectivity index (χ1n) is 6.76. The number of hydrogen-bond acceptors (Lipinski definition) is 3. The lowest BCUT2D eigenvalue weighted by atomic mass is 10.1. The van der Waals surface area contributed by atoms with Crippen LogP contribution in [0.15, 0.2) is 30.6 Å². The molecule has 2 aromatic rings. The Labute approximate surface area is 128 Å². The maximum absolute atomic E-state index is 13.6. The molecule has 0 saturated heterocycles. The fourth-order valence-corrected chi connectivity index (χ4v) is 2.21. The second-order valence-corrected chi connectivity index (χ2v) is 5.13. The average Bonchev–Trinajstić information content (AvgIpc) is 2.86. The van der Waals surface area contributed by atoms with Crippen LogP contribution < -0.4 is 0 Å². The molecule has 116 valence electrons. The Morgan fingerprint density at radius 2 is 2.23 bits per heavy atom. The molecule has 0 spiro atoms. The minimum atomic E-state index is -1.04. The summed E-state index contributed by atoms with van der Waals surface area (Å²) in [5.74, 6) is 1.08. The summed E-state index contributed by atoms with van der Waals surface area (Å²) >= 11 is 0. The highest BCUT2D eigenvalue weighted by Crippen LogP contribution is 2.19. The zero-order valence-corrected chi connectivity index (χ0v) is 12.2. The Balaban J connectivity index is 1.95. The molecule has 0 saturated carbocycles. The van der Waals surface area contributed by atoms with Crippen LogP contribution in [0, 0.1) is 24.0 Å². The van der Waals surface area contributed by atoms with Gasteiger partial charge in [-0.1, -0.05) is 12.0 Å². The lowest BCUT2D eigenvalue weighted by molar-refractivity contribution is 0.120. The molecule has 0 radical (unpaired) electrons. The summed E-state index contributed by atoms with van der Waals surface area (Å²) in [6.07, 6.45) is 7.69. The van der Waals surface area contributed by atoms with E-state index in [1.165, 1.54) is 6.07 Å². The number of aliphatic hydroxyl groups is 1. The molecule has 6 heteroatoms. The molecule has 1 aromatic carbocycles. The van der Waals surface area contributed by atoms with E-state index in [1.54, 1.807) is 17.9 Å². The molecule has 0 amide bonds. The summed E-state index contributed by atoms with van der Waals surface area (Å²) in [6, 6.07) is 3.15. The molecule has 0 fully saturated rings. The zero-order chi connectivity index (χ0) is 16.1. The quantitative estimate of drug-likeness (QED) is 0.830. The van der Waals surface area contributed by atoms with Crippen LogP contribution in [0.3, 0.4) is 0 Å². The van der Waals surface area contributed by atoms with Gasteiger partial charge in [0.2, 0.25) is 0 Å². The van der Waals surface area contributed by atoms with E-state index < -0.39 is 17.7 Å². The van der Waals surface area contributed by atoms with Gasteiger partial charge in [-0.3, -0.25) is 9.58 Å². The number of nitrogens with zero attached hydrogens (tertiary/aromatic N) is 3. The molecule has 1 heterocycles. The van der Waals surface area contributed by atoms with Crippen molar-refractivity contribution in [1.29, 1.82) is 0 Å². The highest BCUT2D eigenvalue weighted by atomic mass is 19.1. The lowest BCUT2D eigenvalue weighted by Crippen LogP contribution is -2.24. The third kappa shape index (κ3) is 4.13. The largest absolute Gasteiger partial charge is 0.387 e. The van der Waals surface area contributed by atoms with Crippen LogP contribution in [0.5, 0.6) is 0 Å². The third-order valence-corrected chi connectivity index (χ3v) is 3.20. The van der Waals surface area contributed by atoms with Crippen molar-refractivity contribution in [3.8, 4) is 12.3 Å². The molecule has 2 rings (SSSR count). The number of benzene rings is 1. The number of rotatable bonds is 6.